The van der Waals surface area contributed by atoms with Gasteiger partial charge in [0.1, 0.15) is 5.69 Å². The Bertz CT molecular complexity index is 466. The zero-order valence-corrected chi connectivity index (χ0v) is 8.78. The van der Waals surface area contributed by atoms with E-state index >= 15 is 0 Å². The molecule has 3 heteroatoms. The molecule has 16 heavy (non-hydrogen) atoms. The molecule has 1 aromatic carbocycles. The number of hydrogen-bond donors (Lipinski definition) is 0. The Balaban J connectivity index is 2.09. The van der Waals surface area contributed by atoms with Crippen LogP contribution < -0.4 is 0 Å². The van der Waals surface area contributed by atoms with Crippen molar-refractivity contribution in [1.82, 2.24) is 4.98 Å². The summed E-state index contributed by atoms with van der Waals surface area (Å²) >= 11 is 0. The molecule has 0 spiro atoms. The molecule has 0 bridgehead atoms. The van der Waals surface area contributed by atoms with Gasteiger partial charge in [-0.3, -0.25) is 4.98 Å². The third-order valence-electron chi connectivity index (χ3n) is 2.15. The fraction of sp³-hybridized carbons (Fsp3) is 0.0769. The summed E-state index contributed by atoms with van der Waals surface area (Å²) in [7, 11) is 0. The van der Waals surface area contributed by atoms with Crippen molar-refractivity contribution < 1.29 is 4.74 Å². The van der Waals surface area contributed by atoms with Gasteiger partial charge in [0, 0.05) is 11.8 Å². The predicted molar refractivity (Wildman–Crippen MR) is 63.2 cm³/mol. The van der Waals surface area contributed by atoms with Crippen LogP contribution in [0.3, 0.4) is 0 Å². The highest BCUT2D eigenvalue weighted by molar-refractivity contribution is 5.72. The first-order valence-corrected chi connectivity index (χ1v) is 5.08. The zero-order chi connectivity index (χ0) is 11.2. The Hall–Kier alpha value is -2.16. The summed E-state index contributed by atoms with van der Waals surface area (Å²) in [6.07, 6.45) is 3.16. The molecule has 3 nitrogen and oxygen atoms in total. The number of nitrogens with zero attached hydrogens (tertiary/aromatic N) is 2. The van der Waals surface area contributed by atoms with Gasteiger partial charge in [-0.25, -0.2) is 4.74 Å². The Morgan fingerprint density at radius 1 is 1.06 bits per heavy atom. The Kier molecular flexibility index (Phi) is 3.28. The van der Waals surface area contributed by atoms with E-state index < -0.39 is 0 Å². The maximum atomic E-state index is 11.6. The van der Waals surface area contributed by atoms with Gasteiger partial charge < -0.3 is 5.21 Å². The largest absolute Gasteiger partial charge is 0.623 e. The molecule has 2 rings (SSSR count). The molecular weight excluding hydrogens is 200 g/mol. The van der Waals surface area contributed by atoms with Gasteiger partial charge in [-0.15, -0.1) is 0 Å². The lowest BCUT2D eigenvalue weighted by Gasteiger charge is -2.03. The summed E-state index contributed by atoms with van der Waals surface area (Å²) in [4.78, 5) is 4.06. The topological polar surface area (TPSA) is 39.0 Å². The molecule has 0 aliphatic rings. The summed E-state index contributed by atoms with van der Waals surface area (Å²) in [6.45, 7) is 0.345. The fourth-order valence-electron chi connectivity index (χ4n) is 1.41. The highest BCUT2D eigenvalue weighted by Crippen LogP contribution is 2.00. The van der Waals surface area contributed by atoms with Gasteiger partial charge in [0.15, 0.2) is 6.54 Å². The maximum absolute atomic E-state index is 11.6. The van der Waals surface area contributed by atoms with Crippen LogP contribution in [0.15, 0.2) is 54.7 Å². The SMILES string of the molecule is [O-]/[N+](=C\c1ccccn1)Cc1ccccc1. The van der Waals surface area contributed by atoms with E-state index in [1.165, 1.54) is 6.21 Å². The second-order valence-electron chi connectivity index (χ2n) is 3.44. The third-order valence-corrected chi connectivity index (χ3v) is 2.15. The number of hydroxylamine groups is 1. The molecule has 1 heterocycles. The molecule has 0 N–H and O–H groups in total. The van der Waals surface area contributed by atoms with E-state index in [1.807, 2.05) is 42.5 Å². The van der Waals surface area contributed by atoms with Crippen molar-refractivity contribution in [2.24, 2.45) is 0 Å². The van der Waals surface area contributed by atoms with Crippen molar-refractivity contribution in [3.63, 3.8) is 0 Å². The van der Waals surface area contributed by atoms with Gasteiger partial charge in [-0.05, 0) is 12.1 Å². The quantitative estimate of drug-likeness (QED) is 0.338. The van der Waals surface area contributed by atoms with Crippen molar-refractivity contribution in [2.45, 2.75) is 6.54 Å². The van der Waals surface area contributed by atoms with Crippen LogP contribution in [0.1, 0.15) is 11.3 Å². The Morgan fingerprint density at radius 3 is 2.50 bits per heavy atom. The van der Waals surface area contributed by atoms with E-state index in [0.29, 0.717) is 12.2 Å². The maximum Gasteiger partial charge on any atom is 0.200 e. The van der Waals surface area contributed by atoms with Gasteiger partial charge >= 0.3 is 0 Å². The molecule has 0 aliphatic carbocycles. The van der Waals surface area contributed by atoms with Crippen LogP contribution in [0.2, 0.25) is 0 Å². The highest BCUT2D eigenvalue weighted by atomic mass is 16.5. The van der Waals surface area contributed by atoms with Crippen molar-refractivity contribution in [2.75, 3.05) is 0 Å². The average Bonchev–Trinajstić information content (AvgIpc) is 2.31. The number of aromatic nitrogens is 1. The molecule has 2 aromatic rings. The first-order valence-electron chi connectivity index (χ1n) is 5.08. The number of rotatable bonds is 3. The molecule has 0 atom stereocenters. The highest BCUT2D eigenvalue weighted by Gasteiger charge is 1.98. The van der Waals surface area contributed by atoms with Crippen molar-refractivity contribution in [3.05, 3.63) is 71.2 Å². The van der Waals surface area contributed by atoms with Crippen molar-refractivity contribution >= 4 is 6.21 Å². The van der Waals surface area contributed by atoms with Gasteiger partial charge in [0.05, 0.1) is 0 Å². The molecule has 0 radical (unpaired) electrons. The zero-order valence-electron chi connectivity index (χ0n) is 8.78. The molecule has 0 unspecified atom stereocenters. The second-order valence-corrected chi connectivity index (χ2v) is 3.44. The smallest absolute Gasteiger partial charge is 0.200 e. The Labute approximate surface area is 94.3 Å². The molecule has 80 valence electrons. The monoisotopic (exact) mass is 212 g/mol. The first-order chi connectivity index (χ1) is 7.84. The Morgan fingerprint density at radius 2 is 1.81 bits per heavy atom. The van der Waals surface area contributed by atoms with Crippen LogP contribution >= 0.6 is 0 Å². The number of pyridine rings is 1. The van der Waals surface area contributed by atoms with Crippen LogP contribution in [0, 0.1) is 5.21 Å². The predicted octanol–water partition coefficient (Wildman–Crippen LogP) is 2.21. The van der Waals surface area contributed by atoms with E-state index in [0.717, 1.165) is 10.3 Å². The van der Waals surface area contributed by atoms with Gasteiger partial charge in [0.25, 0.3) is 0 Å². The minimum atomic E-state index is 0.345. The van der Waals surface area contributed by atoms with Crippen molar-refractivity contribution in [1.29, 1.82) is 0 Å². The summed E-state index contributed by atoms with van der Waals surface area (Å²) < 4.78 is 0.887. The van der Waals surface area contributed by atoms with Crippen LogP contribution in [-0.2, 0) is 6.54 Å². The minimum Gasteiger partial charge on any atom is -0.623 e. The lowest BCUT2D eigenvalue weighted by atomic mass is 10.2. The lowest BCUT2D eigenvalue weighted by molar-refractivity contribution is -0.469. The minimum absolute atomic E-state index is 0.345. The van der Waals surface area contributed by atoms with E-state index in [2.05, 4.69) is 4.98 Å². The number of benzene rings is 1. The summed E-state index contributed by atoms with van der Waals surface area (Å²) in [6, 6.07) is 15.1. The van der Waals surface area contributed by atoms with Crippen LogP contribution in [0.5, 0.6) is 0 Å². The summed E-state index contributed by atoms with van der Waals surface area (Å²) in [5.74, 6) is 0. The summed E-state index contributed by atoms with van der Waals surface area (Å²) in [5.41, 5.74) is 1.66. The average molecular weight is 212 g/mol. The van der Waals surface area contributed by atoms with Gasteiger partial charge in [0.2, 0.25) is 6.21 Å². The molecular formula is C13H12N2O. The molecule has 0 aliphatic heterocycles. The third kappa shape index (κ3) is 2.92. The van der Waals surface area contributed by atoms with Gasteiger partial charge in [-0.2, -0.15) is 0 Å². The molecule has 0 amide bonds. The first kappa shape index (κ1) is 10.4. The van der Waals surface area contributed by atoms with Crippen LogP contribution in [0.4, 0.5) is 0 Å². The molecule has 0 fully saturated rings. The van der Waals surface area contributed by atoms with Crippen LogP contribution in [0.25, 0.3) is 0 Å². The second kappa shape index (κ2) is 5.07. The van der Waals surface area contributed by atoms with E-state index in [4.69, 9.17) is 0 Å². The molecule has 0 saturated heterocycles. The standard InChI is InChI=1S/C13H12N2O/c16-15(10-12-6-2-1-3-7-12)11-13-8-4-5-9-14-13/h1-9,11H,10H2/b15-11-. The molecule has 1 aromatic heterocycles. The summed E-state index contributed by atoms with van der Waals surface area (Å²) in [5, 5.41) is 11.6. The number of hydrogen-bond acceptors (Lipinski definition) is 2. The van der Waals surface area contributed by atoms with Crippen molar-refractivity contribution in [3.8, 4) is 0 Å². The van der Waals surface area contributed by atoms with Gasteiger partial charge in [-0.1, -0.05) is 36.4 Å². The normalized spacial score (nSPS) is 11.4. The van der Waals surface area contributed by atoms with E-state index in [1.54, 1.807) is 12.3 Å². The molecule has 0 saturated carbocycles. The lowest BCUT2D eigenvalue weighted by Crippen LogP contribution is -2.06. The van der Waals surface area contributed by atoms with E-state index in [9.17, 15) is 5.21 Å². The van der Waals surface area contributed by atoms with Crippen LogP contribution in [-0.4, -0.2) is 15.9 Å². The fourth-order valence-corrected chi connectivity index (χ4v) is 1.41. The van der Waals surface area contributed by atoms with E-state index in [-0.39, 0.29) is 0 Å².